The van der Waals surface area contributed by atoms with Crippen molar-refractivity contribution in [3.8, 4) is 5.75 Å². The van der Waals surface area contributed by atoms with Gasteiger partial charge >= 0.3 is 6.18 Å². The predicted molar refractivity (Wildman–Crippen MR) is 107 cm³/mol. The molecule has 4 rings (SSSR count). The average molecular weight is 471 g/mol. The van der Waals surface area contributed by atoms with Gasteiger partial charge in [0.15, 0.2) is 0 Å². The van der Waals surface area contributed by atoms with Crippen LogP contribution in [0.15, 0.2) is 40.9 Å². The quantitative estimate of drug-likeness (QED) is 0.477. The van der Waals surface area contributed by atoms with Gasteiger partial charge in [0, 0.05) is 22.6 Å². The number of aromatic amines is 1. The normalized spacial score (nSPS) is 20.1. The first-order valence-corrected chi connectivity index (χ1v) is 9.94. The highest BCUT2D eigenvalue weighted by Gasteiger charge is 2.44. The Morgan fingerprint density at radius 1 is 1.21 bits per heavy atom. The molecular formula is C21H19BrF4N2O. The van der Waals surface area contributed by atoms with Gasteiger partial charge in [-0.3, -0.25) is 4.90 Å². The first kappa shape index (κ1) is 20.2. The number of halogens is 5. The minimum absolute atomic E-state index is 0.0884. The summed E-state index contributed by atoms with van der Waals surface area (Å²) in [5.41, 5.74) is 2.39. The highest BCUT2D eigenvalue weighted by atomic mass is 79.9. The van der Waals surface area contributed by atoms with Gasteiger partial charge in [0.2, 0.25) is 0 Å². The van der Waals surface area contributed by atoms with Gasteiger partial charge in [-0.1, -0.05) is 18.2 Å². The van der Waals surface area contributed by atoms with E-state index < -0.39 is 30.6 Å². The zero-order chi connectivity index (χ0) is 20.9. The number of aromatic nitrogens is 1. The second-order valence-electron chi connectivity index (χ2n) is 7.28. The highest BCUT2D eigenvalue weighted by Crippen LogP contribution is 2.46. The molecule has 2 aromatic carbocycles. The first-order chi connectivity index (χ1) is 13.7. The fourth-order valence-electron chi connectivity index (χ4n) is 4.25. The summed E-state index contributed by atoms with van der Waals surface area (Å²) in [6.07, 6.45) is -3.99. The van der Waals surface area contributed by atoms with E-state index in [0.29, 0.717) is 12.1 Å². The molecule has 1 aliphatic rings. The Hall–Kier alpha value is -2.06. The number of hydrogen-bond acceptors (Lipinski definition) is 2. The van der Waals surface area contributed by atoms with Crippen LogP contribution in [0.1, 0.15) is 29.8 Å². The lowest BCUT2D eigenvalue weighted by atomic mass is 9.88. The van der Waals surface area contributed by atoms with E-state index in [9.17, 15) is 13.2 Å². The molecule has 0 bridgehead atoms. The molecule has 0 amide bonds. The van der Waals surface area contributed by atoms with E-state index in [1.54, 1.807) is 13.0 Å². The molecule has 3 nitrogen and oxygen atoms in total. The molecule has 1 aliphatic heterocycles. The van der Waals surface area contributed by atoms with E-state index >= 15 is 4.39 Å². The number of nitrogens with one attached hydrogen (secondary N) is 1. The number of ether oxygens (including phenoxy) is 1. The Bertz CT molecular complexity index is 1060. The highest BCUT2D eigenvalue weighted by molar-refractivity contribution is 9.10. The van der Waals surface area contributed by atoms with Crippen molar-refractivity contribution in [1.82, 2.24) is 9.88 Å². The zero-order valence-corrected chi connectivity index (χ0v) is 17.4. The monoisotopic (exact) mass is 470 g/mol. The van der Waals surface area contributed by atoms with Crippen molar-refractivity contribution in [2.75, 3.05) is 13.7 Å². The maximum absolute atomic E-state index is 15.3. The molecule has 2 atom stereocenters. The van der Waals surface area contributed by atoms with Crippen LogP contribution in [0.4, 0.5) is 17.6 Å². The van der Waals surface area contributed by atoms with Gasteiger partial charge in [-0.25, -0.2) is 4.39 Å². The SMILES string of the molecule is COc1ccc(Br)c(F)c1C1c2[nH]c3ccccc3c2CC(C)N1CC(F)(F)F. The predicted octanol–water partition coefficient (Wildman–Crippen LogP) is 5.98. The van der Waals surface area contributed by atoms with Gasteiger partial charge < -0.3 is 9.72 Å². The second-order valence-corrected chi connectivity index (χ2v) is 8.14. The lowest BCUT2D eigenvalue weighted by Gasteiger charge is -2.41. The van der Waals surface area contributed by atoms with Gasteiger partial charge in [-0.15, -0.1) is 0 Å². The number of para-hydroxylation sites is 1. The minimum atomic E-state index is -4.42. The van der Waals surface area contributed by atoms with Crippen LogP contribution in [0.2, 0.25) is 0 Å². The van der Waals surface area contributed by atoms with Crippen LogP contribution in [0.5, 0.6) is 5.75 Å². The zero-order valence-electron chi connectivity index (χ0n) is 15.8. The minimum Gasteiger partial charge on any atom is -0.496 e. The summed E-state index contributed by atoms with van der Waals surface area (Å²) in [5.74, 6) is -0.415. The van der Waals surface area contributed by atoms with Crippen molar-refractivity contribution in [2.24, 2.45) is 0 Å². The van der Waals surface area contributed by atoms with E-state index in [0.717, 1.165) is 16.5 Å². The average Bonchev–Trinajstić information content (AvgIpc) is 3.02. The summed E-state index contributed by atoms with van der Waals surface area (Å²) in [6, 6.07) is 9.20. The van der Waals surface area contributed by atoms with Crippen LogP contribution < -0.4 is 4.74 Å². The number of nitrogens with zero attached hydrogens (tertiary/aromatic N) is 1. The van der Waals surface area contributed by atoms with Crippen LogP contribution in [0.3, 0.4) is 0 Å². The van der Waals surface area contributed by atoms with Gasteiger partial charge in [-0.05, 0) is 53.0 Å². The summed E-state index contributed by atoms with van der Waals surface area (Å²) in [6.45, 7) is 0.592. The fourth-order valence-corrected chi connectivity index (χ4v) is 4.60. The van der Waals surface area contributed by atoms with Crippen LogP contribution in [0.25, 0.3) is 10.9 Å². The Labute approximate surface area is 173 Å². The summed E-state index contributed by atoms with van der Waals surface area (Å²) in [7, 11) is 1.39. The van der Waals surface area contributed by atoms with Gasteiger partial charge in [-0.2, -0.15) is 13.2 Å². The number of rotatable bonds is 3. The standard InChI is InChI=1S/C21H19BrF4N2O/c1-11-9-13-12-5-3-4-6-15(12)27-19(13)20(28(11)10-21(24,25)26)17-16(29-2)8-7-14(22)18(17)23/h3-8,11,20,27H,9-10H2,1-2H3. The van der Waals surface area contributed by atoms with Gasteiger partial charge in [0.05, 0.1) is 29.7 Å². The van der Waals surface area contributed by atoms with Crippen molar-refractivity contribution in [2.45, 2.75) is 31.6 Å². The Morgan fingerprint density at radius 3 is 2.62 bits per heavy atom. The number of alkyl halides is 3. The third-order valence-electron chi connectivity index (χ3n) is 5.47. The third-order valence-corrected chi connectivity index (χ3v) is 6.08. The van der Waals surface area contributed by atoms with Crippen LogP contribution >= 0.6 is 15.9 Å². The van der Waals surface area contributed by atoms with Crippen molar-refractivity contribution < 1.29 is 22.3 Å². The summed E-state index contributed by atoms with van der Waals surface area (Å²) in [4.78, 5) is 4.55. The summed E-state index contributed by atoms with van der Waals surface area (Å²) >= 11 is 3.17. The van der Waals surface area contributed by atoms with E-state index in [2.05, 4.69) is 20.9 Å². The van der Waals surface area contributed by atoms with E-state index in [4.69, 9.17) is 4.74 Å². The molecular weight excluding hydrogens is 452 g/mol. The molecule has 3 aromatic rings. The molecule has 0 spiro atoms. The first-order valence-electron chi connectivity index (χ1n) is 9.15. The Balaban J connectivity index is 2.01. The lowest BCUT2D eigenvalue weighted by molar-refractivity contribution is -0.155. The van der Waals surface area contributed by atoms with Gasteiger partial charge in [0.25, 0.3) is 0 Å². The molecule has 29 heavy (non-hydrogen) atoms. The van der Waals surface area contributed by atoms with Crippen LogP contribution in [0, 0.1) is 5.82 Å². The number of H-pyrrole nitrogens is 1. The molecule has 154 valence electrons. The number of fused-ring (bicyclic) bond motifs is 3. The van der Waals surface area contributed by atoms with Crippen molar-refractivity contribution in [3.63, 3.8) is 0 Å². The summed E-state index contributed by atoms with van der Waals surface area (Å²) in [5, 5.41) is 0.945. The van der Waals surface area contributed by atoms with Crippen molar-refractivity contribution >= 4 is 26.8 Å². The molecule has 2 heterocycles. The van der Waals surface area contributed by atoms with Crippen LogP contribution in [-0.4, -0.2) is 35.8 Å². The molecule has 0 fully saturated rings. The molecule has 0 aliphatic carbocycles. The van der Waals surface area contributed by atoms with Crippen molar-refractivity contribution in [3.05, 3.63) is 63.5 Å². The fraction of sp³-hybridized carbons (Fsp3) is 0.333. The molecule has 2 unspecified atom stereocenters. The largest absolute Gasteiger partial charge is 0.496 e. The molecule has 0 saturated heterocycles. The van der Waals surface area contributed by atoms with Crippen LogP contribution in [-0.2, 0) is 6.42 Å². The third kappa shape index (κ3) is 3.53. The maximum Gasteiger partial charge on any atom is 0.401 e. The number of hydrogen-bond donors (Lipinski definition) is 1. The van der Waals surface area contributed by atoms with E-state index in [-0.39, 0.29) is 15.8 Å². The second kappa shape index (κ2) is 7.32. The number of benzene rings is 2. The maximum atomic E-state index is 15.3. The molecule has 0 radical (unpaired) electrons. The Kier molecular flexibility index (Phi) is 5.11. The molecule has 0 saturated carbocycles. The molecule has 8 heteroatoms. The smallest absolute Gasteiger partial charge is 0.401 e. The van der Waals surface area contributed by atoms with Crippen molar-refractivity contribution in [1.29, 1.82) is 0 Å². The Morgan fingerprint density at radius 2 is 1.93 bits per heavy atom. The topological polar surface area (TPSA) is 28.3 Å². The summed E-state index contributed by atoms with van der Waals surface area (Å²) < 4.78 is 61.2. The lowest BCUT2D eigenvalue weighted by Crippen LogP contribution is -2.47. The molecule has 1 aromatic heterocycles. The van der Waals surface area contributed by atoms with Gasteiger partial charge in [0.1, 0.15) is 11.6 Å². The van der Waals surface area contributed by atoms with E-state index in [1.807, 2.05) is 24.3 Å². The van der Waals surface area contributed by atoms with E-state index in [1.165, 1.54) is 18.1 Å². The molecule has 1 N–H and O–H groups in total. The number of methoxy groups -OCH3 is 1.